The Hall–Kier alpha value is -1.32. The van der Waals surface area contributed by atoms with Crippen LogP contribution in [-0.4, -0.2) is 23.6 Å². The maximum atomic E-state index is 11.6. The van der Waals surface area contributed by atoms with Gasteiger partial charge in [-0.1, -0.05) is 6.42 Å². The summed E-state index contributed by atoms with van der Waals surface area (Å²) >= 11 is 0. The zero-order chi connectivity index (χ0) is 11.8. The molecule has 1 heterocycles. The van der Waals surface area contributed by atoms with Crippen LogP contribution in [0, 0.1) is 17.8 Å². The Balaban J connectivity index is 1.70. The molecule has 3 rings (SSSR count). The Morgan fingerprint density at radius 2 is 2.35 bits per heavy atom. The van der Waals surface area contributed by atoms with Crippen molar-refractivity contribution in [1.82, 2.24) is 9.97 Å². The van der Waals surface area contributed by atoms with E-state index in [1.807, 2.05) is 11.9 Å². The van der Waals surface area contributed by atoms with Crippen LogP contribution in [0.1, 0.15) is 25.7 Å². The highest BCUT2D eigenvalue weighted by atomic mass is 16.1. The number of rotatable bonds is 3. The van der Waals surface area contributed by atoms with E-state index in [4.69, 9.17) is 0 Å². The normalized spacial score (nSPS) is 30.8. The van der Waals surface area contributed by atoms with Gasteiger partial charge >= 0.3 is 0 Å². The SMILES string of the molecule is CN(CC1CC2CCC1C2)c1ncc[nH]c1=O. The van der Waals surface area contributed by atoms with Gasteiger partial charge in [0.15, 0.2) is 5.82 Å². The lowest BCUT2D eigenvalue weighted by atomic mass is 9.88. The summed E-state index contributed by atoms with van der Waals surface area (Å²) < 4.78 is 0. The van der Waals surface area contributed by atoms with Crippen LogP contribution in [0.5, 0.6) is 0 Å². The predicted molar refractivity (Wildman–Crippen MR) is 67.1 cm³/mol. The minimum Gasteiger partial charge on any atom is -0.355 e. The van der Waals surface area contributed by atoms with E-state index in [2.05, 4.69) is 9.97 Å². The monoisotopic (exact) mass is 233 g/mol. The standard InChI is InChI=1S/C13H19N3O/c1-16(12-13(17)15-5-4-14-12)8-11-7-9-2-3-10(11)6-9/h4-5,9-11H,2-3,6-8H2,1H3,(H,15,17). The fourth-order valence-corrected chi connectivity index (χ4v) is 3.65. The first kappa shape index (κ1) is 10.8. The summed E-state index contributed by atoms with van der Waals surface area (Å²) in [5.74, 6) is 3.17. The fraction of sp³-hybridized carbons (Fsp3) is 0.692. The first-order chi connectivity index (χ1) is 8.24. The van der Waals surface area contributed by atoms with Crippen molar-refractivity contribution in [2.45, 2.75) is 25.7 Å². The van der Waals surface area contributed by atoms with Crippen LogP contribution < -0.4 is 10.5 Å². The van der Waals surface area contributed by atoms with E-state index in [0.717, 1.165) is 24.3 Å². The third-order valence-corrected chi connectivity index (χ3v) is 4.44. The largest absolute Gasteiger partial charge is 0.355 e. The van der Waals surface area contributed by atoms with Crippen LogP contribution >= 0.6 is 0 Å². The lowest BCUT2D eigenvalue weighted by Gasteiger charge is -2.27. The van der Waals surface area contributed by atoms with Gasteiger partial charge in [0.2, 0.25) is 0 Å². The van der Waals surface area contributed by atoms with Crippen molar-refractivity contribution in [3.8, 4) is 0 Å². The summed E-state index contributed by atoms with van der Waals surface area (Å²) in [6, 6.07) is 0. The third kappa shape index (κ3) is 1.96. The number of nitrogens with zero attached hydrogens (tertiary/aromatic N) is 2. The van der Waals surface area contributed by atoms with Crippen LogP contribution in [-0.2, 0) is 0 Å². The summed E-state index contributed by atoms with van der Waals surface area (Å²) in [6.07, 6.45) is 8.80. The highest BCUT2D eigenvalue weighted by molar-refractivity contribution is 5.33. The molecule has 3 unspecified atom stereocenters. The molecule has 2 aliphatic rings. The lowest BCUT2D eigenvalue weighted by molar-refractivity contribution is 0.337. The number of nitrogens with one attached hydrogen (secondary N) is 1. The highest BCUT2D eigenvalue weighted by Gasteiger charge is 2.39. The Bertz CT molecular complexity index is 456. The molecule has 4 heteroatoms. The summed E-state index contributed by atoms with van der Waals surface area (Å²) in [5.41, 5.74) is -0.0850. The number of H-pyrrole nitrogens is 1. The lowest BCUT2D eigenvalue weighted by Crippen LogP contribution is -2.32. The van der Waals surface area contributed by atoms with Crippen molar-refractivity contribution >= 4 is 5.82 Å². The first-order valence-electron chi connectivity index (χ1n) is 6.49. The summed E-state index contributed by atoms with van der Waals surface area (Å²) in [5, 5.41) is 0. The molecule has 0 aromatic carbocycles. The third-order valence-electron chi connectivity index (χ3n) is 4.44. The Labute approximate surface area is 101 Å². The Morgan fingerprint density at radius 3 is 3.00 bits per heavy atom. The molecule has 3 atom stereocenters. The van der Waals surface area contributed by atoms with Crippen molar-refractivity contribution in [3.63, 3.8) is 0 Å². The highest BCUT2D eigenvalue weighted by Crippen LogP contribution is 2.48. The minimum atomic E-state index is -0.0850. The van der Waals surface area contributed by atoms with Crippen LogP contribution in [0.3, 0.4) is 0 Å². The van der Waals surface area contributed by atoms with E-state index in [1.54, 1.807) is 12.4 Å². The van der Waals surface area contributed by atoms with E-state index < -0.39 is 0 Å². The zero-order valence-electron chi connectivity index (χ0n) is 10.2. The average Bonchev–Trinajstić information content (AvgIpc) is 2.91. The van der Waals surface area contributed by atoms with Gasteiger partial charge in [-0.3, -0.25) is 4.79 Å². The van der Waals surface area contributed by atoms with Gasteiger partial charge in [0.25, 0.3) is 5.56 Å². The van der Waals surface area contributed by atoms with E-state index >= 15 is 0 Å². The van der Waals surface area contributed by atoms with Gasteiger partial charge in [0, 0.05) is 26.0 Å². The maximum Gasteiger partial charge on any atom is 0.290 e. The number of aromatic amines is 1. The van der Waals surface area contributed by atoms with Crippen LogP contribution in [0.15, 0.2) is 17.2 Å². The van der Waals surface area contributed by atoms with Gasteiger partial charge < -0.3 is 9.88 Å². The number of hydrogen-bond donors (Lipinski definition) is 1. The molecule has 0 spiro atoms. The summed E-state index contributed by atoms with van der Waals surface area (Å²) in [6.45, 7) is 0.973. The molecule has 0 amide bonds. The summed E-state index contributed by atoms with van der Waals surface area (Å²) in [7, 11) is 1.98. The Kier molecular flexibility index (Phi) is 2.65. The van der Waals surface area contributed by atoms with Crippen molar-refractivity contribution in [1.29, 1.82) is 0 Å². The number of hydrogen-bond acceptors (Lipinski definition) is 3. The van der Waals surface area contributed by atoms with Crippen molar-refractivity contribution in [2.75, 3.05) is 18.5 Å². The fourth-order valence-electron chi connectivity index (χ4n) is 3.65. The molecular weight excluding hydrogens is 214 g/mol. The molecule has 2 fully saturated rings. The second kappa shape index (κ2) is 4.17. The molecule has 1 aromatic heterocycles. The second-order valence-electron chi connectivity index (χ2n) is 5.56. The molecule has 2 bridgehead atoms. The molecule has 0 aliphatic heterocycles. The maximum absolute atomic E-state index is 11.6. The summed E-state index contributed by atoms with van der Waals surface area (Å²) in [4.78, 5) is 20.5. The van der Waals surface area contributed by atoms with E-state index in [9.17, 15) is 4.79 Å². The van der Waals surface area contributed by atoms with Crippen LogP contribution in [0.25, 0.3) is 0 Å². The van der Waals surface area contributed by atoms with E-state index in [1.165, 1.54) is 25.7 Å². The topological polar surface area (TPSA) is 49.0 Å². The first-order valence-corrected chi connectivity index (χ1v) is 6.49. The van der Waals surface area contributed by atoms with Gasteiger partial charge in [-0.2, -0.15) is 0 Å². The van der Waals surface area contributed by atoms with Crippen LogP contribution in [0.2, 0.25) is 0 Å². The average molecular weight is 233 g/mol. The van der Waals surface area contributed by atoms with Gasteiger partial charge in [-0.15, -0.1) is 0 Å². The smallest absolute Gasteiger partial charge is 0.290 e. The van der Waals surface area contributed by atoms with Gasteiger partial charge in [0.05, 0.1) is 0 Å². The predicted octanol–water partition coefficient (Wildman–Crippen LogP) is 1.64. The van der Waals surface area contributed by atoms with Crippen LogP contribution in [0.4, 0.5) is 5.82 Å². The molecule has 92 valence electrons. The van der Waals surface area contributed by atoms with Gasteiger partial charge in [-0.05, 0) is 37.0 Å². The van der Waals surface area contributed by atoms with Crippen molar-refractivity contribution in [2.24, 2.45) is 17.8 Å². The number of anilines is 1. The molecular formula is C13H19N3O. The quantitative estimate of drug-likeness (QED) is 0.863. The molecule has 17 heavy (non-hydrogen) atoms. The zero-order valence-corrected chi connectivity index (χ0v) is 10.2. The molecule has 1 N–H and O–H groups in total. The Morgan fingerprint density at radius 1 is 1.47 bits per heavy atom. The van der Waals surface area contributed by atoms with Crippen molar-refractivity contribution < 1.29 is 0 Å². The second-order valence-corrected chi connectivity index (χ2v) is 5.56. The molecule has 2 saturated carbocycles. The van der Waals surface area contributed by atoms with E-state index in [-0.39, 0.29) is 5.56 Å². The molecule has 0 saturated heterocycles. The number of fused-ring (bicyclic) bond motifs is 2. The number of aromatic nitrogens is 2. The van der Waals surface area contributed by atoms with Gasteiger partial charge in [0.1, 0.15) is 0 Å². The minimum absolute atomic E-state index is 0.0850. The van der Waals surface area contributed by atoms with E-state index in [0.29, 0.717) is 5.82 Å². The van der Waals surface area contributed by atoms with Gasteiger partial charge in [-0.25, -0.2) is 4.98 Å². The van der Waals surface area contributed by atoms with Crippen molar-refractivity contribution in [3.05, 3.63) is 22.7 Å². The molecule has 1 aromatic rings. The molecule has 4 nitrogen and oxygen atoms in total. The molecule has 2 aliphatic carbocycles. The molecule has 0 radical (unpaired) electrons.